The third kappa shape index (κ3) is 1.78. The monoisotopic (exact) mass is 171 g/mol. The van der Waals surface area contributed by atoms with E-state index < -0.39 is 5.97 Å². The van der Waals surface area contributed by atoms with Crippen molar-refractivity contribution in [3.63, 3.8) is 0 Å². The molecule has 12 heavy (non-hydrogen) atoms. The van der Waals surface area contributed by atoms with Crippen molar-refractivity contribution < 1.29 is 9.90 Å². The predicted molar refractivity (Wildman–Crippen MR) is 47.1 cm³/mol. The Morgan fingerprint density at radius 2 is 2.42 bits per heavy atom. The highest BCUT2D eigenvalue weighted by Gasteiger charge is 2.32. The van der Waals surface area contributed by atoms with E-state index in [9.17, 15) is 4.79 Å². The summed E-state index contributed by atoms with van der Waals surface area (Å²) in [4.78, 5) is 12.9. The molecule has 0 spiro atoms. The van der Waals surface area contributed by atoms with Crippen LogP contribution < -0.4 is 0 Å². The molecular weight excluding hydrogens is 154 g/mol. The lowest BCUT2D eigenvalue weighted by Crippen LogP contribution is -2.41. The van der Waals surface area contributed by atoms with Crippen LogP contribution in [-0.4, -0.2) is 34.6 Å². The minimum Gasteiger partial charge on any atom is -0.480 e. The molecule has 1 unspecified atom stereocenters. The van der Waals surface area contributed by atoms with Crippen molar-refractivity contribution in [2.45, 2.75) is 45.2 Å². The first kappa shape index (κ1) is 9.52. The quantitative estimate of drug-likeness (QED) is 0.696. The second-order valence-electron chi connectivity index (χ2n) is 3.49. The largest absolute Gasteiger partial charge is 0.480 e. The summed E-state index contributed by atoms with van der Waals surface area (Å²) in [5, 5.41) is 8.89. The van der Waals surface area contributed by atoms with Crippen molar-refractivity contribution in [3.05, 3.63) is 0 Å². The molecule has 1 rings (SSSR count). The van der Waals surface area contributed by atoms with Crippen molar-refractivity contribution in [2.75, 3.05) is 6.54 Å². The molecule has 3 nitrogen and oxygen atoms in total. The number of carboxylic acids is 1. The number of carboxylic acid groups (broad SMARTS) is 1. The maximum Gasteiger partial charge on any atom is 0.320 e. The molecule has 1 aliphatic rings. The fourth-order valence-electron chi connectivity index (χ4n) is 1.82. The van der Waals surface area contributed by atoms with Crippen molar-refractivity contribution in [1.82, 2.24) is 4.90 Å². The molecule has 0 radical (unpaired) electrons. The molecule has 0 aromatic rings. The summed E-state index contributed by atoms with van der Waals surface area (Å²) in [5.74, 6) is -0.659. The molecule has 0 aromatic carbocycles. The minimum absolute atomic E-state index is 0.222. The van der Waals surface area contributed by atoms with E-state index in [0.717, 1.165) is 25.8 Å². The molecule has 0 amide bonds. The van der Waals surface area contributed by atoms with Crippen LogP contribution in [0.25, 0.3) is 0 Å². The van der Waals surface area contributed by atoms with Gasteiger partial charge >= 0.3 is 5.97 Å². The smallest absolute Gasteiger partial charge is 0.320 e. The molecule has 1 aliphatic heterocycles. The van der Waals surface area contributed by atoms with Crippen LogP contribution in [0.15, 0.2) is 0 Å². The summed E-state index contributed by atoms with van der Waals surface area (Å²) in [5.41, 5.74) is 0. The van der Waals surface area contributed by atoms with E-state index in [1.54, 1.807) is 0 Å². The van der Waals surface area contributed by atoms with Gasteiger partial charge in [-0.15, -0.1) is 0 Å². The van der Waals surface area contributed by atoms with Crippen LogP contribution in [-0.2, 0) is 4.79 Å². The summed E-state index contributed by atoms with van der Waals surface area (Å²) in [6, 6.07) is 0.188. The van der Waals surface area contributed by atoms with E-state index in [4.69, 9.17) is 5.11 Å². The van der Waals surface area contributed by atoms with Crippen LogP contribution in [0.2, 0.25) is 0 Å². The van der Waals surface area contributed by atoms with Crippen LogP contribution in [0.4, 0.5) is 0 Å². The zero-order chi connectivity index (χ0) is 9.14. The first-order valence-corrected chi connectivity index (χ1v) is 4.65. The number of carbonyl (C=O) groups is 1. The molecule has 0 bridgehead atoms. The van der Waals surface area contributed by atoms with E-state index in [1.165, 1.54) is 0 Å². The van der Waals surface area contributed by atoms with Gasteiger partial charge < -0.3 is 5.11 Å². The summed E-state index contributed by atoms with van der Waals surface area (Å²) in [7, 11) is 0. The lowest BCUT2D eigenvalue weighted by atomic mass is 10.2. The van der Waals surface area contributed by atoms with Gasteiger partial charge in [-0.2, -0.15) is 0 Å². The van der Waals surface area contributed by atoms with Gasteiger partial charge in [0.2, 0.25) is 0 Å². The Morgan fingerprint density at radius 3 is 2.92 bits per heavy atom. The maximum atomic E-state index is 10.8. The van der Waals surface area contributed by atoms with E-state index in [2.05, 4.69) is 18.7 Å². The fourth-order valence-corrected chi connectivity index (χ4v) is 1.82. The van der Waals surface area contributed by atoms with Crippen LogP contribution in [0, 0.1) is 0 Å². The summed E-state index contributed by atoms with van der Waals surface area (Å²) in [6.45, 7) is 5.15. The van der Waals surface area contributed by atoms with Crippen molar-refractivity contribution in [1.29, 1.82) is 0 Å². The Bertz CT molecular complexity index is 170. The Morgan fingerprint density at radius 1 is 1.75 bits per heavy atom. The number of aliphatic carboxylic acids is 1. The summed E-state index contributed by atoms with van der Waals surface area (Å²) >= 11 is 0. The highest BCUT2D eigenvalue weighted by atomic mass is 16.4. The van der Waals surface area contributed by atoms with Crippen molar-refractivity contribution in [3.8, 4) is 0 Å². The van der Waals surface area contributed by atoms with Crippen LogP contribution in [0.5, 0.6) is 0 Å². The average molecular weight is 171 g/mol. The van der Waals surface area contributed by atoms with Gasteiger partial charge in [0.05, 0.1) is 0 Å². The molecule has 1 saturated heterocycles. The molecule has 0 aromatic heterocycles. The van der Waals surface area contributed by atoms with Gasteiger partial charge in [0.15, 0.2) is 0 Å². The van der Waals surface area contributed by atoms with E-state index in [-0.39, 0.29) is 6.04 Å². The van der Waals surface area contributed by atoms with Gasteiger partial charge in [-0.25, -0.2) is 0 Å². The first-order chi connectivity index (χ1) is 5.66. The molecule has 1 N–H and O–H groups in total. The molecule has 1 heterocycles. The van der Waals surface area contributed by atoms with E-state index in [0.29, 0.717) is 6.04 Å². The molecule has 70 valence electrons. The third-order valence-electron chi connectivity index (χ3n) is 2.74. The van der Waals surface area contributed by atoms with Gasteiger partial charge in [0.25, 0.3) is 0 Å². The molecule has 0 aliphatic carbocycles. The lowest BCUT2D eigenvalue weighted by molar-refractivity contribution is -0.142. The topological polar surface area (TPSA) is 40.5 Å². The highest BCUT2D eigenvalue weighted by molar-refractivity contribution is 5.73. The van der Waals surface area contributed by atoms with Gasteiger partial charge in [0.1, 0.15) is 6.04 Å². The summed E-state index contributed by atoms with van der Waals surface area (Å²) in [6.07, 6.45) is 2.88. The Balaban J connectivity index is 2.57. The van der Waals surface area contributed by atoms with E-state index in [1.807, 2.05) is 0 Å². The van der Waals surface area contributed by atoms with E-state index >= 15 is 0 Å². The molecule has 3 heteroatoms. The van der Waals surface area contributed by atoms with Crippen LogP contribution >= 0.6 is 0 Å². The fraction of sp³-hybridized carbons (Fsp3) is 0.889. The maximum absolute atomic E-state index is 10.8. The third-order valence-corrected chi connectivity index (χ3v) is 2.74. The number of nitrogens with zero attached hydrogens (tertiary/aromatic N) is 1. The second-order valence-corrected chi connectivity index (χ2v) is 3.49. The average Bonchev–Trinajstić information content (AvgIpc) is 2.50. The van der Waals surface area contributed by atoms with Crippen molar-refractivity contribution >= 4 is 5.97 Å². The predicted octanol–water partition coefficient (Wildman–Crippen LogP) is 1.33. The zero-order valence-electron chi connectivity index (χ0n) is 7.79. The minimum atomic E-state index is -0.659. The Labute approximate surface area is 73.4 Å². The van der Waals surface area contributed by atoms with Crippen LogP contribution in [0.1, 0.15) is 33.1 Å². The Hall–Kier alpha value is -0.570. The van der Waals surface area contributed by atoms with Crippen molar-refractivity contribution in [2.24, 2.45) is 0 Å². The van der Waals surface area contributed by atoms with Gasteiger partial charge in [0, 0.05) is 6.04 Å². The standard InChI is InChI=1S/C9H17NO2/c1-3-7(2)10-6-4-5-8(10)9(11)12/h7-8H,3-6H2,1-2H3,(H,11,12)/t7?,8-/m1/s1. The number of hydrogen-bond acceptors (Lipinski definition) is 2. The summed E-state index contributed by atoms with van der Waals surface area (Å²) < 4.78 is 0. The molecular formula is C9H17NO2. The van der Waals surface area contributed by atoms with Crippen LogP contribution in [0.3, 0.4) is 0 Å². The highest BCUT2D eigenvalue weighted by Crippen LogP contribution is 2.21. The number of rotatable bonds is 3. The zero-order valence-corrected chi connectivity index (χ0v) is 7.79. The normalized spacial score (nSPS) is 27.3. The number of hydrogen-bond donors (Lipinski definition) is 1. The second kappa shape index (κ2) is 3.90. The lowest BCUT2D eigenvalue weighted by Gasteiger charge is -2.27. The Kier molecular flexibility index (Phi) is 3.09. The molecule has 0 saturated carbocycles. The van der Waals surface area contributed by atoms with Gasteiger partial charge in [-0.1, -0.05) is 6.92 Å². The first-order valence-electron chi connectivity index (χ1n) is 4.65. The molecule has 1 fully saturated rings. The SMILES string of the molecule is CCC(C)N1CCC[C@@H]1C(=O)O. The van der Waals surface area contributed by atoms with Gasteiger partial charge in [-0.3, -0.25) is 9.69 Å². The molecule has 2 atom stereocenters. The number of likely N-dealkylation sites (tertiary alicyclic amines) is 1. The van der Waals surface area contributed by atoms with Gasteiger partial charge in [-0.05, 0) is 32.7 Å².